The lowest BCUT2D eigenvalue weighted by Crippen LogP contribution is -2.00. The molecule has 0 aromatic carbocycles. The smallest absolute Gasteiger partial charge is 0.170 e. The molecule has 1 unspecified atom stereocenters. The van der Waals surface area contributed by atoms with E-state index in [1.807, 2.05) is 0 Å². The van der Waals surface area contributed by atoms with Crippen molar-refractivity contribution in [2.75, 3.05) is 5.21 Å². The number of rotatable bonds is 5. The van der Waals surface area contributed by atoms with Gasteiger partial charge in [0.05, 0.1) is 5.21 Å². The Hall–Kier alpha value is 0.150. The molecule has 0 radical (unpaired) electrons. The third kappa shape index (κ3) is 7.54. The van der Waals surface area contributed by atoms with Crippen LogP contribution in [0.25, 0.3) is 0 Å². The fraction of sp³-hybridized carbons (Fsp3) is 0.778. The monoisotopic (exact) mass is 250 g/mol. The molecule has 0 heterocycles. The lowest BCUT2D eigenvalue weighted by molar-refractivity contribution is 0.715. The number of halogens is 1. The highest BCUT2D eigenvalue weighted by Gasteiger charge is 2.08. The van der Waals surface area contributed by atoms with Gasteiger partial charge in [0.1, 0.15) is 4.38 Å². The predicted molar refractivity (Wildman–Crippen MR) is 67.9 cm³/mol. The van der Waals surface area contributed by atoms with E-state index in [0.29, 0.717) is 10.5 Å². The first-order valence-electron chi connectivity index (χ1n) is 4.56. The van der Waals surface area contributed by atoms with Crippen LogP contribution in [-0.4, -0.2) is 14.8 Å². The van der Waals surface area contributed by atoms with Gasteiger partial charge in [0, 0.05) is 5.25 Å². The lowest BCUT2D eigenvalue weighted by atomic mass is 10.2. The van der Waals surface area contributed by atoms with Crippen molar-refractivity contribution in [3.05, 3.63) is 0 Å². The van der Waals surface area contributed by atoms with Gasteiger partial charge in [0.25, 0.3) is 0 Å². The van der Waals surface area contributed by atoms with Crippen molar-refractivity contribution in [1.82, 2.24) is 0 Å². The minimum atomic E-state index is 0.452. The molecule has 2 nitrogen and oxygen atoms in total. The van der Waals surface area contributed by atoms with Gasteiger partial charge >= 0.3 is 0 Å². The standard InChI is InChI=1S/C9H15ClN2S2/c1-3-4-5-8(2)14-9(12-7-11)13-6-10/h8H,3-6H2,1-2H3. The SMILES string of the molecule is CCCCC(C)SC(=NC#N)SCCl. The molecule has 80 valence electrons. The highest BCUT2D eigenvalue weighted by atomic mass is 35.5. The van der Waals surface area contributed by atoms with Crippen molar-refractivity contribution in [3.63, 3.8) is 0 Å². The average molecular weight is 251 g/mol. The van der Waals surface area contributed by atoms with Crippen LogP contribution in [0.1, 0.15) is 33.1 Å². The van der Waals surface area contributed by atoms with Crippen molar-refractivity contribution >= 4 is 39.5 Å². The zero-order valence-corrected chi connectivity index (χ0v) is 10.9. The number of hydrogen-bond acceptors (Lipinski definition) is 4. The molecule has 0 aliphatic rings. The maximum atomic E-state index is 8.45. The Morgan fingerprint density at radius 3 is 2.86 bits per heavy atom. The van der Waals surface area contributed by atoms with Gasteiger partial charge in [0.15, 0.2) is 0 Å². The van der Waals surface area contributed by atoms with Gasteiger partial charge < -0.3 is 0 Å². The highest BCUT2D eigenvalue weighted by Crippen LogP contribution is 2.25. The molecular weight excluding hydrogens is 236 g/mol. The van der Waals surface area contributed by atoms with Gasteiger partial charge in [-0.25, -0.2) is 0 Å². The summed E-state index contributed by atoms with van der Waals surface area (Å²) in [5, 5.41) is 9.41. The first kappa shape index (κ1) is 14.2. The van der Waals surface area contributed by atoms with Crippen molar-refractivity contribution in [2.45, 2.75) is 38.4 Å². The Morgan fingerprint density at radius 2 is 2.36 bits per heavy atom. The van der Waals surface area contributed by atoms with Gasteiger partial charge in [-0.15, -0.1) is 11.6 Å². The summed E-state index contributed by atoms with van der Waals surface area (Å²) < 4.78 is 0.783. The Balaban J connectivity index is 3.91. The van der Waals surface area contributed by atoms with Crippen LogP contribution < -0.4 is 0 Å². The molecule has 0 bridgehead atoms. The molecule has 0 aromatic rings. The van der Waals surface area contributed by atoms with E-state index in [1.54, 1.807) is 18.0 Å². The summed E-state index contributed by atoms with van der Waals surface area (Å²) in [6, 6.07) is 0. The Labute approximate surface area is 99.5 Å². The second kappa shape index (κ2) is 9.70. The Bertz CT molecular complexity index is 213. The zero-order chi connectivity index (χ0) is 10.8. The van der Waals surface area contributed by atoms with E-state index < -0.39 is 0 Å². The maximum Gasteiger partial charge on any atom is 0.207 e. The van der Waals surface area contributed by atoms with Gasteiger partial charge in [0.2, 0.25) is 6.19 Å². The first-order valence-corrected chi connectivity index (χ1v) is 6.96. The van der Waals surface area contributed by atoms with Crippen molar-refractivity contribution in [1.29, 1.82) is 5.26 Å². The van der Waals surface area contributed by atoms with Crippen LogP contribution in [-0.2, 0) is 0 Å². The highest BCUT2D eigenvalue weighted by molar-refractivity contribution is 8.39. The fourth-order valence-electron chi connectivity index (χ4n) is 0.903. The normalized spacial score (nSPS) is 13.7. The average Bonchev–Trinajstić information content (AvgIpc) is 2.15. The zero-order valence-electron chi connectivity index (χ0n) is 8.49. The van der Waals surface area contributed by atoms with Gasteiger partial charge in [-0.05, 0) is 6.42 Å². The van der Waals surface area contributed by atoms with Crippen molar-refractivity contribution in [3.8, 4) is 6.19 Å². The molecular formula is C9H15ClN2S2. The molecule has 1 atom stereocenters. The van der Waals surface area contributed by atoms with Crippen LogP contribution in [0.5, 0.6) is 0 Å². The molecule has 0 aliphatic carbocycles. The number of unbranched alkanes of at least 4 members (excludes halogenated alkanes) is 1. The van der Waals surface area contributed by atoms with Crippen LogP contribution in [0.3, 0.4) is 0 Å². The van der Waals surface area contributed by atoms with E-state index in [-0.39, 0.29) is 0 Å². The third-order valence-electron chi connectivity index (χ3n) is 1.59. The van der Waals surface area contributed by atoms with Crippen LogP contribution in [0.4, 0.5) is 0 Å². The van der Waals surface area contributed by atoms with E-state index in [9.17, 15) is 0 Å². The maximum absolute atomic E-state index is 8.45. The predicted octanol–water partition coefficient (Wildman–Crippen LogP) is 4.06. The molecule has 0 rings (SSSR count). The quantitative estimate of drug-likeness (QED) is 0.319. The molecule has 0 saturated carbocycles. The number of nitrogens with zero attached hydrogens (tertiary/aromatic N) is 2. The number of thioether (sulfide) groups is 2. The van der Waals surface area contributed by atoms with E-state index in [2.05, 4.69) is 18.8 Å². The summed E-state index contributed by atoms with van der Waals surface area (Å²) in [4.78, 5) is 3.73. The third-order valence-corrected chi connectivity index (χ3v) is 3.93. The van der Waals surface area contributed by atoms with Crippen LogP contribution in [0.2, 0.25) is 0 Å². The van der Waals surface area contributed by atoms with E-state index in [0.717, 1.165) is 10.8 Å². The second-order valence-corrected chi connectivity index (χ2v) is 6.04. The largest absolute Gasteiger partial charge is 0.207 e. The van der Waals surface area contributed by atoms with Gasteiger partial charge in [-0.1, -0.05) is 50.2 Å². The van der Waals surface area contributed by atoms with E-state index >= 15 is 0 Å². The summed E-state index contributed by atoms with van der Waals surface area (Å²) in [5.74, 6) is 0. The summed E-state index contributed by atoms with van der Waals surface area (Å²) >= 11 is 8.64. The number of nitriles is 1. The van der Waals surface area contributed by atoms with Gasteiger partial charge in [-0.2, -0.15) is 10.3 Å². The molecule has 0 aromatic heterocycles. The van der Waals surface area contributed by atoms with E-state index in [4.69, 9.17) is 16.9 Å². The van der Waals surface area contributed by atoms with Crippen LogP contribution in [0, 0.1) is 11.5 Å². The van der Waals surface area contributed by atoms with Gasteiger partial charge in [-0.3, -0.25) is 0 Å². The molecule has 0 fully saturated rings. The molecule has 14 heavy (non-hydrogen) atoms. The second-order valence-electron chi connectivity index (χ2n) is 2.80. The summed E-state index contributed by atoms with van der Waals surface area (Å²) in [6.45, 7) is 4.33. The Kier molecular flexibility index (Phi) is 9.80. The minimum absolute atomic E-state index is 0.452. The topological polar surface area (TPSA) is 36.1 Å². The lowest BCUT2D eigenvalue weighted by Gasteiger charge is -2.09. The number of aliphatic imine (C=N–C) groups is 1. The molecule has 0 saturated heterocycles. The van der Waals surface area contributed by atoms with Crippen molar-refractivity contribution in [2.24, 2.45) is 4.99 Å². The summed E-state index contributed by atoms with van der Waals surface area (Å²) in [5.41, 5.74) is 0. The Morgan fingerprint density at radius 1 is 1.64 bits per heavy atom. The number of alkyl halides is 1. The molecule has 0 aliphatic heterocycles. The fourth-order valence-corrected chi connectivity index (χ4v) is 3.27. The number of hydrogen-bond donors (Lipinski definition) is 0. The molecule has 5 heteroatoms. The summed E-state index contributed by atoms with van der Waals surface area (Å²) in [6.07, 6.45) is 5.39. The first-order chi connectivity index (χ1) is 6.74. The van der Waals surface area contributed by atoms with Crippen molar-refractivity contribution < 1.29 is 0 Å². The minimum Gasteiger partial charge on any atom is -0.170 e. The molecule has 0 N–H and O–H groups in total. The van der Waals surface area contributed by atoms with E-state index in [1.165, 1.54) is 24.6 Å². The summed E-state index contributed by atoms with van der Waals surface area (Å²) in [7, 11) is 0. The molecule has 0 amide bonds. The molecule has 0 spiro atoms. The van der Waals surface area contributed by atoms with Crippen LogP contribution in [0.15, 0.2) is 4.99 Å². The van der Waals surface area contributed by atoms with Crippen LogP contribution >= 0.6 is 35.1 Å².